The Morgan fingerprint density at radius 2 is 2.20 bits per heavy atom. The summed E-state index contributed by atoms with van der Waals surface area (Å²) in [5.74, 6) is -0.227. The molecule has 1 aliphatic heterocycles. The number of aliphatic hydroxyl groups is 1. The molecule has 1 heterocycles. The number of amides is 1. The van der Waals surface area contributed by atoms with Crippen LogP contribution in [0, 0.1) is 5.92 Å². The Morgan fingerprint density at radius 1 is 1.45 bits per heavy atom. The van der Waals surface area contributed by atoms with Gasteiger partial charge in [0.15, 0.2) is 0 Å². The molecule has 1 aliphatic rings. The molecular weight excluding hydrogens is 260 g/mol. The number of hydrogen-bond donors (Lipinski definition) is 1. The smallest absolute Gasteiger partial charge is 0.410 e. The molecule has 1 aromatic carbocycles. The lowest BCUT2D eigenvalue weighted by Gasteiger charge is -2.15. The maximum Gasteiger partial charge on any atom is 0.410 e. The van der Waals surface area contributed by atoms with Crippen molar-refractivity contribution >= 4 is 6.09 Å². The Kier molecular flexibility index (Phi) is 4.81. The molecule has 2 rings (SSSR count). The number of aliphatic hydroxyl groups excluding tert-OH is 1. The molecule has 0 unspecified atom stereocenters. The van der Waals surface area contributed by atoms with Crippen LogP contribution < -0.4 is 0 Å². The monoisotopic (exact) mass is 276 g/mol. The number of carbonyl (C=O) groups is 1. The molecule has 1 aromatic rings. The molecule has 7 nitrogen and oxygen atoms in total. The van der Waals surface area contributed by atoms with Gasteiger partial charge in [0.25, 0.3) is 0 Å². The van der Waals surface area contributed by atoms with Crippen LogP contribution in [0.25, 0.3) is 10.4 Å². The van der Waals surface area contributed by atoms with E-state index >= 15 is 0 Å². The van der Waals surface area contributed by atoms with Crippen LogP contribution in [0.15, 0.2) is 35.4 Å². The zero-order chi connectivity index (χ0) is 14.4. The molecule has 0 aliphatic carbocycles. The molecule has 7 heteroatoms. The molecule has 1 amide bonds. The number of azide groups is 1. The van der Waals surface area contributed by atoms with E-state index in [2.05, 4.69) is 10.0 Å². The molecule has 2 atom stereocenters. The van der Waals surface area contributed by atoms with Gasteiger partial charge in [0.1, 0.15) is 6.61 Å². The van der Waals surface area contributed by atoms with E-state index in [1.165, 1.54) is 4.90 Å². The number of nitrogens with zero attached hydrogens (tertiary/aromatic N) is 4. The highest BCUT2D eigenvalue weighted by molar-refractivity contribution is 5.68. The van der Waals surface area contributed by atoms with E-state index in [9.17, 15) is 9.90 Å². The second-order valence-electron chi connectivity index (χ2n) is 4.69. The highest BCUT2D eigenvalue weighted by atomic mass is 16.6. The zero-order valence-electron chi connectivity index (χ0n) is 10.9. The summed E-state index contributed by atoms with van der Waals surface area (Å²) in [6.07, 6.45) is -1.14. The van der Waals surface area contributed by atoms with Crippen LogP contribution in [0.5, 0.6) is 0 Å². The van der Waals surface area contributed by atoms with Crippen molar-refractivity contribution in [3.05, 3.63) is 46.3 Å². The van der Waals surface area contributed by atoms with Crippen LogP contribution in [0.3, 0.4) is 0 Å². The third kappa shape index (κ3) is 3.63. The van der Waals surface area contributed by atoms with E-state index in [-0.39, 0.29) is 25.6 Å². The minimum atomic E-state index is -0.676. The molecule has 1 N–H and O–H groups in total. The van der Waals surface area contributed by atoms with E-state index in [1.54, 1.807) is 0 Å². The predicted octanol–water partition coefficient (Wildman–Crippen LogP) is 1.93. The Balaban J connectivity index is 1.83. The lowest BCUT2D eigenvalue weighted by molar-refractivity contribution is 0.0967. The van der Waals surface area contributed by atoms with Crippen LogP contribution in [0.1, 0.15) is 5.56 Å². The molecule has 0 spiro atoms. The average molecular weight is 276 g/mol. The second-order valence-corrected chi connectivity index (χ2v) is 4.69. The van der Waals surface area contributed by atoms with Crippen molar-refractivity contribution in [2.45, 2.75) is 12.7 Å². The van der Waals surface area contributed by atoms with E-state index in [0.717, 1.165) is 5.56 Å². The van der Waals surface area contributed by atoms with Crippen LogP contribution in [-0.4, -0.2) is 41.8 Å². The fourth-order valence-electron chi connectivity index (χ4n) is 2.13. The Labute approximate surface area is 116 Å². The SMILES string of the molecule is [N-]=[N+]=NC[C@H]1CN(C(=O)OCc2ccccc2)C[C@H]1O. The lowest BCUT2D eigenvalue weighted by atomic mass is 10.1. The van der Waals surface area contributed by atoms with Crippen LogP contribution in [0.4, 0.5) is 4.79 Å². The standard InChI is InChI=1S/C13H16N4O3/c14-16-15-6-11-7-17(8-12(11)18)13(19)20-9-10-4-2-1-3-5-10/h1-5,11-12,18H,6-9H2/t11-,12+/m0/s1. The quantitative estimate of drug-likeness (QED) is 0.516. The number of likely N-dealkylation sites (tertiary alicyclic amines) is 1. The number of β-amino-alcohol motifs (C(OH)–C–C–N with tert-alkyl or cyclic N) is 1. The fraction of sp³-hybridized carbons (Fsp3) is 0.462. The van der Waals surface area contributed by atoms with Crippen LogP contribution >= 0.6 is 0 Å². The topological polar surface area (TPSA) is 98.5 Å². The number of carbonyl (C=O) groups excluding carboxylic acids is 1. The number of benzene rings is 1. The molecule has 0 saturated carbocycles. The first-order valence-electron chi connectivity index (χ1n) is 6.35. The van der Waals surface area contributed by atoms with Gasteiger partial charge in [0, 0.05) is 23.9 Å². The summed E-state index contributed by atoms with van der Waals surface area (Å²) in [4.78, 5) is 16.0. The first-order valence-corrected chi connectivity index (χ1v) is 6.35. The van der Waals surface area contributed by atoms with Gasteiger partial charge in [-0.05, 0) is 11.1 Å². The van der Waals surface area contributed by atoms with Crippen molar-refractivity contribution < 1.29 is 14.6 Å². The molecule has 0 bridgehead atoms. The van der Waals surface area contributed by atoms with Gasteiger partial charge in [-0.1, -0.05) is 35.4 Å². The minimum Gasteiger partial charge on any atom is -0.445 e. The third-order valence-corrected chi connectivity index (χ3v) is 3.25. The van der Waals surface area contributed by atoms with E-state index < -0.39 is 12.2 Å². The third-order valence-electron chi connectivity index (χ3n) is 3.25. The van der Waals surface area contributed by atoms with Gasteiger partial charge in [0.2, 0.25) is 0 Å². The molecule has 1 saturated heterocycles. The van der Waals surface area contributed by atoms with Crippen molar-refractivity contribution in [2.24, 2.45) is 11.0 Å². The molecule has 106 valence electrons. The van der Waals surface area contributed by atoms with Crippen molar-refractivity contribution in [3.63, 3.8) is 0 Å². The number of rotatable bonds is 4. The van der Waals surface area contributed by atoms with Crippen LogP contribution in [0.2, 0.25) is 0 Å². The van der Waals surface area contributed by atoms with Crippen molar-refractivity contribution in [1.82, 2.24) is 4.90 Å². The fourth-order valence-corrected chi connectivity index (χ4v) is 2.13. The largest absolute Gasteiger partial charge is 0.445 e. The van der Waals surface area contributed by atoms with Gasteiger partial charge < -0.3 is 14.7 Å². The maximum atomic E-state index is 11.9. The van der Waals surface area contributed by atoms with Gasteiger partial charge in [-0.15, -0.1) is 0 Å². The summed E-state index contributed by atoms with van der Waals surface area (Å²) in [5, 5.41) is 13.2. The van der Waals surface area contributed by atoms with Gasteiger partial charge in [0.05, 0.1) is 12.6 Å². The summed E-state index contributed by atoms with van der Waals surface area (Å²) in [6, 6.07) is 9.38. The molecule has 1 fully saturated rings. The van der Waals surface area contributed by atoms with E-state index in [1.807, 2.05) is 30.3 Å². The van der Waals surface area contributed by atoms with Gasteiger partial charge in [-0.2, -0.15) is 0 Å². The molecular formula is C13H16N4O3. The summed E-state index contributed by atoms with van der Waals surface area (Å²) in [5.41, 5.74) is 9.18. The van der Waals surface area contributed by atoms with E-state index in [4.69, 9.17) is 10.3 Å². The summed E-state index contributed by atoms with van der Waals surface area (Å²) in [7, 11) is 0. The molecule has 0 radical (unpaired) electrons. The lowest BCUT2D eigenvalue weighted by Crippen LogP contribution is -2.30. The van der Waals surface area contributed by atoms with Crippen molar-refractivity contribution in [2.75, 3.05) is 19.6 Å². The molecule has 0 aromatic heterocycles. The average Bonchev–Trinajstić information content (AvgIpc) is 2.85. The van der Waals surface area contributed by atoms with E-state index in [0.29, 0.717) is 6.54 Å². The van der Waals surface area contributed by atoms with Gasteiger partial charge >= 0.3 is 6.09 Å². The maximum absolute atomic E-state index is 11.9. The second kappa shape index (κ2) is 6.79. The Bertz CT molecular complexity index is 502. The Hall–Kier alpha value is -2.24. The zero-order valence-corrected chi connectivity index (χ0v) is 10.9. The van der Waals surface area contributed by atoms with Gasteiger partial charge in [-0.25, -0.2) is 4.79 Å². The summed E-state index contributed by atoms with van der Waals surface area (Å²) >= 11 is 0. The molecule has 20 heavy (non-hydrogen) atoms. The van der Waals surface area contributed by atoms with Crippen LogP contribution in [-0.2, 0) is 11.3 Å². The summed E-state index contributed by atoms with van der Waals surface area (Å²) in [6.45, 7) is 0.931. The predicted molar refractivity (Wildman–Crippen MR) is 71.7 cm³/mol. The first kappa shape index (κ1) is 14.2. The first-order chi connectivity index (χ1) is 9.70. The van der Waals surface area contributed by atoms with Crippen molar-refractivity contribution in [1.29, 1.82) is 0 Å². The minimum absolute atomic E-state index is 0.181. The van der Waals surface area contributed by atoms with Gasteiger partial charge in [-0.3, -0.25) is 0 Å². The highest BCUT2D eigenvalue weighted by Crippen LogP contribution is 2.18. The summed E-state index contributed by atoms with van der Waals surface area (Å²) < 4.78 is 5.19. The highest BCUT2D eigenvalue weighted by Gasteiger charge is 2.34. The Morgan fingerprint density at radius 3 is 2.90 bits per heavy atom. The number of hydrogen-bond acceptors (Lipinski definition) is 4. The number of ether oxygens (including phenoxy) is 1. The van der Waals surface area contributed by atoms with Crippen molar-refractivity contribution in [3.8, 4) is 0 Å². The normalized spacial score (nSPS) is 21.4.